The van der Waals surface area contributed by atoms with Gasteiger partial charge in [0.15, 0.2) is 0 Å². The van der Waals surface area contributed by atoms with Crippen LogP contribution in [0.15, 0.2) is 6.20 Å². The third kappa shape index (κ3) is 4.70. The average Bonchev–Trinajstić information content (AvgIpc) is 2.92. The molecule has 1 aromatic heterocycles. The van der Waals surface area contributed by atoms with Gasteiger partial charge in [-0.3, -0.25) is 4.79 Å². The van der Waals surface area contributed by atoms with Crippen molar-refractivity contribution in [2.24, 2.45) is 13.0 Å². The van der Waals surface area contributed by atoms with Crippen LogP contribution in [0.2, 0.25) is 0 Å². The molecule has 0 radical (unpaired) electrons. The monoisotopic (exact) mass is 337 g/mol. The second kappa shape index (κ2) is 8.48. The van der Waals surface area contributed by atoms with Gasteiger partial charge in [0.1, 0.15) is 0 Å². The van der Waals surface area contributed by atoms with Crippen molar-refractivity contribution >= 4 is 11.9 Å². The average molecular weight is 337 g/mol. The highest BCUT2D eigenvalue weighted by molar-refractivity contribution is 5.82. The van der Waals surface area contributed by atoms with Crippen LogP contribution in [0, 0.1) is 5.92 Å². The first-order chi connectivity index (χ1) is 11.4. The number of amides is 1. The van der Waals surface area contributed by atoms with Gasteiger partial charge in [0.25, 0.3) is 0 Å². The molecule has 1 aromatic rings. The number of hydrogen-bond donors (Lipinski definition) is 2. The predicted molar refractivity (Wildman–Crippen MR) is 95.0 cm³/mol. The lowest BCUT2D eigenvalue weighted by molar-refractivity contribution is -0.124. The Morgan fingerprint density at radius 2 is 2.08 bits per heavy atom. The molecule has 1 fully saturated rings. The first-order valence-corrected chi connectivity index (χ1v) is 8.69. The van der Waals surface area contributed by atoms with Crippen molar-refractivity contribution in [2.45, 2.75) is 45.3 Å². The number of hydrogen-bond acceptors (Lipinski definition) is 5. The van der Waals surface area contributed by atoms with Crippen molar-refractivity contribution in [3.63, 3.8) is 0 Å². The number of nitrogens with zero attached hydrogens (tertiary/aromatic N) is 3. The van der Waals surface area contributed by atoms with Crippen molar-refractivity contribution in [3.05, 3.63) is 11.9 Å². The maximum atomic E-state index is 12.6. The number of anilines is 1. The van der Waals surface area contributed by atoms with E-state index in [1.54, 1.807) is 0 Å². The fourth-order valence-corrected chi connectivity index (χ4v) is 2.99. The zero-order chi connectivity index (χ0) is 17.7. The number of carbonyl (C=O) groups is 1. The Kier molecular flexibility index (Phi) is 6.62. The second-order valence-corrected chi connectivity index (χ2v) is 7.00. The fourth-order valence-electron chi connectivity index (χ4n) is 2.99. The predicted octanol–water partition coefficient (Wildman–Crippen LogP) is 0.896. The molecule has 0 unspecified atom stereocenters. The van der Waals surface area contributed by atoms with Crippen molar-refractivity contribution < 1.29 is 9.53 Å². The Morgan fingerprint density at radius 3 is 2.62 bits per heavy atom. The van der Waals surface area contributed by atoms with Gasteiger partial charge in [-0.25, -0.2) is 4.98 Å². The lowest BCUT2D eigenvalue weighted by Gasteiger charge is -2.30. The largest absolute Gasteiger partial charge is 0.381 e. The lowest BCUT2D eigenvalue weighted by atomic mass is 10.00. The number of ether oxygens (including phenoxy) is 1. The number of aromatic nitrogens is 2. The van der Waals surface area contributed by atoms with Crippen LogP contribution in [0.3, 0.4) is 0 Å². The fraction of sp³-hybridized carbons (Fsp3) is 0.765. The van der Waals surface area contributed by atoms with Crippen LogP contribution >= 0.6 is 0 Å². The molecule has 24 heavy (non-hydrogen) atoms. The van der Waals surface area contributed by atoms with E-state index in [-0.39, 0.29) is 17.9 Å². The first-order valence-electron chi connectivity index (χ1n) is 8.69. The molecule has 7 heteroatoms. The Balaban J connectivity index is 1.93. The van der Waals surface area contributed by atoms with Gasteiger partial charge in [-0.1, -0.05) is 13.8 Å². The Morgan fingerprint density at radius 1 is 1.42 bits per heavy atom. The van der Waals surface area contributed by atoms with Crippen molar-refractivity contribution in [2.75, 3.05) is 32.2 Å². The topological polar surface area (TPSA) is 71.4 Å². The molecule has 1 saturated heterocycles. The van der Waals surface area contributed by atoms with Crippen LogP contribution in [0.4, 0.5) is 5.95 Å². The molecule has 0 aliphatic carbocycles. The Bertz CT molecular complexity index is 535. The molecule has 0 spiro atoms. The summed E-state index contributed by atoms with van der Waals surface area (Å²) >= 11 is 0. The van der Waals surface area contributed by atoms with Crippen LogP contribution in [0.1, 0.15) is 32.4 Å². The molecule has 1 aliphatic rings. The van der Waals surface area contributed by atoms with E-state index in [4.69, 9.17) is 4.74 Å². The molecule has 136 valence electrons. The zero-order valence-electron chi connectivity index (χ0n) is 15.5. The van der Waals surface area contributed by atoms with E-state index in [1.165, 1.54) is 0 Å². The molecule has 1 amide bonds. The van der Waals surface area contributed by atoms with Gasteiger partial charge >= 0.3 is 0 Å². The summed E-state index contributed by atoms with van der Waals surface area (Å²) in [6.45, 7) is 6.17. The highest BCUT2D eigenvalue weighted by Gasteiger charge is 2.26. The molecule has 0 bridgehead atoms. The SMILES string of the molecule is CC(C)[C@@H](NC1CCOCC1)C(=O)NCc1cnc(N(C)C)n1C. The van der Waals surface area contributed by atoms with Crippen LogP contribution in [0.5, 0.6) is 0 Å². The minimum Gasteiger partial charge on any atom is -0.381 e. The molecule has 7 nitrogen and oxygen atoms in total. The summed E-state index contributed by atoms with van der Waals surface area (Å²) in [4.78, 5) is 19.0. The maximum absolute atomic E-state index is 12.6. The van der Waals surface area contributed by atoms with Crippen molar-refractivity contribution in [1.29, 1.82) is 0 Å². The van der Waals surface area contributed by atoms with Crippen molar-refractivity contribution in [1.82, 2.24) is 20.2 Å². The van der Waals surface area contributed by atoms with Gasteiger partial charge in [0, 0.05) is 40.4 Å². The van der Waals surface area contributed by atoms with E-state index in [0.717, 1.165) is 37.7 Å². The van der Waals surface area contributed by atoms with E-state index in [0.29, 0.717) is 12.6 Å². The van der Waals surface area contributed by atoms with Crippen LogP contribution in [-0.4, -0.2) is 54.9 Å². The summed E-state index contributed by atoms with van der Waals surface area (Å²) in [5, 5.41) is 6.56. The van der Waals surface area contributed by atoms with E-state index >= 15 is 0 Å². The summed E-state index contributed by atoms with van der Waals surface area (Å²) in [7, 11) is 5.87. The van der Waals surface area contributed by atoms with Gasteiger partial charge in [-0.15, -0.1) is 0 Å². The van der Waals surface area contributed by atoms with Gasteiger partial charge in [-0.05, 0) is 18.8 Å². The molecular formula is C17H31N5O2. The molecule has 1 aliphatic heterocycles. The third-order valence-corrected chi connectivity index (χ3v) is 4.49. The number of nitrogens with one attached hydrogen (secondary N) is 2. The van der Waals surface area contributed by atoms with Crippen LogP contribution in [-0.2, 0) is 23.1 Å². The minimum atomic E-state index is -0.186. The Labute approximate surface area is 144 Å². The lowest BCUT2D eigenvalue weighted by Crippen LogP contribution is -2.52. The molecule has 1 atom stereocenters. The smallest absolute Gasteiger partial charge is 0.237 e. The van der Waals surface area contributed by atoms with E-state index in [1.807, 2.05) is 36.8 Å². The van der Waals surface area contributed by atoms with E-state index in [9.17, 15) is 4.79 Å². The summed E-state index contributed by atoms with van der Waals surface area (Å²) in [5.74, 6) is 1.15. The molecule has 0 saturated carbocycles. The summed E-state index contributed by atoms with van der Waals surface area (Å²) in [6, 6.07) is 0.170. The minimum absolute atomic E-state index is 0.0455. The molecule has 0 aromatic carbocycles. The zero-order valence-corrected chi connectivity index (χ0v) is 15.5. The molecule has 2 heterocycles. The maximum Gasteiger partial charge on any atom is 0.237 e. The first kappa shape index (κ1) is 18.7. The quantitative estimate of drug-likeness (QED) is 0.773. The summed E-state index contributed by atoms with van der Waals surface area (Å²) in [6.07, 6.45) is 3.74. The molecule has 2 rings (SSSR count). The van der Waals surface area contributed by atoms with Gasteiger partial charge < -0.3 is 24.8 Å². The number of rotatable bonds is 7. The summed E-state index contributed by atoms with van der Waals surface area (Å²) < 4.78 is 7.38. The van der Waals surface area contributed by atoms with Gasteiger partial charge in [-0.2, -0.15) is 0 Å². The standard InChI is InChI=1S/C17H31N5O2/c1-12(2)15(20-13-6-8-24-9-7-13)16(23)18-10-14-11-19-17(21(3)4)22(14)5/h11-13,15,20H,6-10H2,1-5H3,(H,18,23)/t15-/m1/s1. The van der Waals surface area contributed by atoms with Crippen LogP contribution < -0.4 is 15.5 Å². The highest BCUT2D eigenvalue weighted by Crippen LogP contribution is 2.13. The Hall–Kier alpha value is -1.60. The summed E-state index contributed by atoms with van der Waals surface area (Å²) in [5.41, 5.74) is 0.987. The molecule has 2 N–H and O–H groups in total. The van der Waals surface area contributed by atoms with Crippen LogP contribution in [0.25, 0.3) is 0 Å². The normalized spacial score (nSPS) is 17.1. The van der Waals surface area contributed by atoms with Gasteiger partial charge in [0.05, 0.1) is 24.5 Å². The second-order valence-electron chi connectivity index (χ2n) is 7.00. The third-order valence-electron chi connectivity index (χ3n) is 4.49. The highest BCUT2D eigenvalue weighted by atomic mass is 16.5. The van der Waals surface area contributed by atoms with Crippen molar-refractivity contribution in [3.8, 4) is 0 Å². The molecular weight excluding hydrogens is 306 g/mol. The van der Waals surface area contributed by atoms with E-state index in [2.05, 4.69) is 29.5 Å². The van der Waals surface area contributed by atoms with E-state index < -0.39 is 0 Å². The number of imidazole rings is 1. The van der Waals surface area contributed by atoms with Gasteiger partial charge in [0.2, 0.25) is 11.9 Å². The number of carbonyl (C=O) groups excluding carboxylic acids is 1.